The van der Waals surface area contributed by atoms with Gasteiger partial charge in [0, 0.05) is 29.9 Å². The molecule has 4 N–H and O–H groups in total. The summed E-state index contributed by atoms with van der Waals surface area (Å²) in [6.07, 6.45) is 2.74. The molecule has 1 heterocycles. The number of carbonyl (C=O) groups is 5. The maximum atomic E-state index is 13.4. The van der Waals surface area contributed by atoms with Crippen LogP contribution in [0.5, 0.6) is 0 Å². The van der Waals surface area contributed by atoms with E-state index in [1.165, 1.54) is 6.07 Å². The van der Waals surface area contributed by atoms with E-state index in [0.717, 1.165) is 12.8 Å². The zero-order chi connectivity index (χ0) is 28.7. The van der Waals surface area contributed by atoms with Crippen LogP contribution < -0.4 is 21.3 Å². The third kappa shape index (κ3) is 9.36. The predicted octanol–water partition coefficient (Wildman–Crippen LogP) is 1.92. The lowest BCUT2D eigenvalue weighted by Crippen LogP contribution is -2.55. The van der Waals surface area contributed by atoms with Crippen LogP contribution in [-0.4, -0.2) is 54.1 Å². The highest BCUT2D eigenvalue weighted by Crippen LogP contribution is 2.23. The van der Waals surface area contributed by atoms with Crippen molar-refractivity contribution in [3.05, 3.63) is 34.3 Å². The number of benzene rings is 1. The minimum atomic E-state index is -1.19. The fraction of sp³-hybridized carbons (Fsp3) is 0.571. The first-order valence-corrected chi connectivity index (χ1v) is 13.6. The van der Waals surface area contributed by atoms with E-state index < -0.39 is 35.6 Å². The number of Topliss-reactive ketones (excluding diaryl/α,β-unsaturated/α-hetero) is 1. The number of hydrogen-bond acceptors (Lipinski definition) is 6. The molecule has 10 nitrogen and oxygen atoms in total. The second-order valence-corrected chi connectivity index (χ2v) is 11.9. The number of ketones is 1. The molecule has 2 fully saturated rings. The molecule has 1 saturated carbocycles. The maximum absolute atomic E-state index is 13.4. The van der Waals surface area contributed by atoms with Gasteiger partial charge in [-0.25, -0.2) is 0 Å². The second kappa shape index (κ2) is 13.1. The van der Waals surface area contributed by atoms with Gasteiger partial charge in [-0.2, -0.15) is 5.26 Å². The van der Waals surface area contributed by atoms with Crippen LogP contribution in [0.15, 0.2) is 18.2 Å². The zero-order valence-electron chi connectivity index (χ0n) is 22.6. The molecule has 3 rings (SSSR count). The van der Waals surface area contributed by atoms with Crippen molar-refractivity contribution >= 4 is 41.0 Å². The van der Waals surface area contributed by atoms with Gasteiger partial charge in [-0.1, -0.05) is 38.4 Å². The Morgan fingerprint density at radius 1 is 1.13 bits per heavy atom. The van der Waals surface area contributed by atoms with Gasteiger partial charge in [0.2, 0.25) is 23.5 Å². The monoisotopic (exact) mass is 557 g/mol. The van der Waals surface area contributed by atoms with Crippen LogP contribution in [-0.2, 0) is 30.4 Å². The van der Waals surface area contributed by atoms with Crippen LogP contribution in [0, 0.1) is 22.7 Å². The second-order valence-electron chi connectivity index (χ2n) is 11.5. The van der Waals surface area contributed by atoms with Crippen LogP contribution in [0.3, 0.4) is 0 Å². The molecule has 0 aromatic heterocycles. The van der Waals surface area contributed by atoms with Gasteiger partial charge in [0.15, 0.2) is 0 Å². The minimum Gasteiger partial charge on any atom is -0.356 e. The van der Waals surface area contributed by atoms with Crippen molar-refractivity contribution in [3.63, 3.8) is 0 Å². The van der Waals surface area contributed by atoms with Gasteiger partial charge in [-0.3, -0.25) is 24.0 Å². The number of carbonyl (C=O) groups excluding carboxylic acids is 5. The highest BCUT2D eigenvalue weighted by Gasteiger charge is 2.37. The number of aryl methyl sites for hydroxylation is 1. The summed E-state index contributed by atoms with van der Waals surface area (Å²) in [6.45, 7) is 6.23. The Balaban J connectivity index is 1.69. The Bertz CT molecular complexity index is 1170. The molecular formula is C28H36ClN5O5. The predicted molar refractivity (Wildman–Crippen MR) is 144 cm³/mol. The average Bonchev–Trinajstić information content (AvgIpc) is 3.59. The van der Waals surface area contributed by atoms with Crippen molar-refractivity contribution in [2.45, 2.75) is 83.8 Å². The lowest BCUT2D eigenvalue weighted by atomic mass is 9.87. The molecule has 1 aliphatic heterocycles. The van der Waals surface area contributed by atoms with E-state index in [0.29, 0.717) is 35.5 Å². The van der Waals surface area contributed by atoms with E-state index in [2.05, 4.69) is 21.3 Å². The number of hydrogen-bond donors (Lipinski definition) is 4. The quantitative estimate of drug-likeness (QED) is 0.287. The van der Waals surface area contributed by atoms with Gasteiger partial charge >= 0.3 is 0 Å². The van der Waals surface area contributed by atoms with Gasteiger partial charge in [-0.05, 0) is 61.6 Å². The highest BCUT2D eigenvalue weighted by molar-refractivity contribution is 6.38. The summed E-state index contributed by atoms with van der Waals surface area (Å²) in [5, 5.41) is 20.2. The molecule has 1 aromatic rings. The van der Waals surface area contributed by atoms with Crippen molar-refractivity contribution in [2.75, 3.05) is 6.54 Å². The Morgan fingerprint density at radius 3 is 2.41 bits per heavy atom. The summed E-state index contributed by atoms with van der Waals surface area (Å²) in [6, 6.07) is 4.66. The van der Waals surface area contributed by atoms with E-state index in [1.54, 1.807) is 12.1 Å². The summed E-state index contributed by atoms with van der Waals surface area (Å²) >= 11 is 6.22. The first-order chi connectivity index (χ1) is 18.4. The summed E-state index contributed by atoms with van der Waals surface area (Å²) in [5.74, 6) is -3.27. The van der Waals surface area contributed by atoms with E-state index in [-0.39, 0.29) is 42.5 Å². The summed E-state index contributed by atoms with van der Waals surface area (Å²) in [4.78, 5) is 64.0. The molecule has 1 aromatic carbocycles. The number of halogens is 1. The largest absolute Gasteiger partial charge is 0.356 e. The molecule has 0 radical (unpaired) electrons. The van der Waals surface area contributed by atoms with Gasteiger partial charge in [0.05, 0.1) is 17.7 Å². The first kappa shape index (κ1) is 30.1. The van der Waals surface area contributed by atoms with Crippen LogP contribution in [0.2, 0.25) is 5.02 Å². The van der Waals surface area contributed by atoms with Crippen LogP contribution >= 0.6 is 11.6 Å². The van der Waals surface area contributed by atoms with E-state index in [1.807, 2.05) is 26.8 Å². The van der Waals surface area contributed by atoms with Crippen molar-refractivity contribution in [1.29, 1.82) is 5.26 Å². The van der Waals surface area contributed by atoms with E-state index >= 15 is 0 Å². The van der Waals surface area contributed by atoms with E-state index in [9.17, 15) is 24.0 Å². The first-order valence-electron chi connectivity index (χ1n) is 13.3. The number of rotatable bonds is 12. The van der Waals surface area contributed by atoms with E-state index in [4.69, 9.17) is 16.9 Å². The van der Waals surface area contributed by atoms with Gasteiger partial charge in [0.1, 0.15) is 6.04 Å². The molecule has 2 aliphatic rings. The van der Waals surface area contributed by atoms with Crippen molar-refractivity contribution in [2.24, 2.45) is 11.3 Å². The molecule has 39 heavy (non-hydrogen) atoms. The highest BCUT2D eigenvalue weighted by atomic mass is 35.5. The van der Waals surface area contributed by atoms with Crippen LogP contribution in [0.4, 0.5) is 0 Å². The Labute approximate surface area is 233 Å². The van der Waals surface area contributed by atoms with Crippen molar-refractivity contribution in [1.82, 2.24) is 21.3 Å². The van der Waals surface area contributed by atoms with Gasteiger partial charge in [0.25, 0.3) is 5.91 Å². The topological polar surface area (TPSA) is 157 Å². The minimum absolute atomic E-state index is 0.00185. The zero-order valence-corrected chi connectivity index (χ0v) is 23.3. The summed E-state index contributed by atoms with van der Waals surface area (Å²) < 4.78 is 0. The fourth-order valence-corrected chi connectivity index (χ4v) is 4.73. The van der Waals surface area contributed by atoms with Crippen LogP contribution in [0.1, 0.15) is 70.4 Å². The average molecular weight is 558 g/mol. The van der Waals surface area contributed by atoms with Crippen LogP contribution in [0.25, 0.3) is 0 Å². The lowest BCUT2D eigenvalue weighted by molar-refractivity contribution is -0.141. The molecule has 2 unspecified atom stereocenters. The molecule has 0 bridgehead atoms. The third-order valence-electron chi connectivity index (χ3n) is 6.72. The van der Waals surface area contributed by atoms with Gasteiger partial charge < -0.3 is 21.3 Å². The lowest BCUT2D eigenvalue weighted by Gasteiger charge is -2.28. The number of nitrogens with zero attached hydrogens (tertiary/aromatic N) is 1. The Morgan fingerprint density at radius 2 is 1.85 bits per heavy atom. The van der Waals surface area contributed by atoms with Crippen molar-refractivity contribution in [3.8, 4) is 6.07 Å². The smallest absolute Gasteiger partial charge is 0.289 e. The molecule has 3 atom stereocenters. The summed E-state index contributed by atoms with van der Waals surface area (Å²) in [5.41, 5.74) is 0.768. The Kier molecular flexibility index (Phi) is 10.1. The fourth-order valence-electron chi connectivity index (χ4n) is 4.46. The maximum Gasteiger partial charge on any atom is 0.289 e. The SMILES string of the molecule is CC(C)(C)C[C@H](NC(=O)CCc1ccc(C#N)cc1Cl)C(=O)NC(CC1CCNC1=O)C(=O)C(=O)NC1CC1. The molecule has 11 heteroatoms. The summed E-state index contributed by atoms with van der Waals surface area (Å²) in [7, 11) is 0. The molecule has 0 spiro atoms. The number of nitrogens with one attached hydrogen (secondary N) is 4. The number of amides is 4. The van der Waals surface area contributed by atoms with Crippen molar-refractivity contribution < 1.29 is 24.0 Å². The molecule has 210 valence electrons. The van der Waals surface area contributed by atoms with Gasteiger partial charge in [-0.15, -0.1) is 0 Å². The number of nitriles is 1. The standard InChI is InChI=1S/C28H36ClN5O5/c1-28(2,3)14-22(33-23(35)9-6-17-5-4-16(15-30)12-20(17)29)26(38)34-21(13-18-10-11-31-25(18)37)24(36)27(39)32-19-7-8-19/h4-5,12,18-19,21-22H,6-11,13-14H2,1-3H3,(H,31,37)(H,32,39)(H,33,35)(H,34,38)/t18?,21?,22-/m0/s1. The molecule has 4 amide bonds. The Hall–Kier alpha value is -3.45. The molecular weight excluding hydrogens is 522 g/mol. The molecule has 1 saturated heterocycles. The molecule has 1 aliphatic carbocycles. The third-order valence-corrected chi connectivity index (χ3v) is 7.08. The normalized spacial score (nSPS) is 18.3.